The first-order valence-electron chi connectivity index (χ1n) is 10.4. The summed E-state index contributed by atoms with van der Waals surface area (Å²) in [5, 5.41) is 14.2. The number of phenols is 1. The van der Waals surface area contributed by atoms with E-state index >= 15 is 0 Å². The number of carbonyl (C=O) groups is 1. The van der Waals surface area contributed by atoms with Crippen molar-refractivity contribution in [3.05, 3.63) is 90.4 Å². The van der Waals surface area contributed by atoms with Gasteiger partial charge in [-0.3, -0.25) is 4.79 Å². The second-order valence-corrected chi connectivity index (χ2v) is 7.65. The lowest BCUT2D eigenvalue weighted by Gasteiger charge is -2.23. The zero-order chi connectivity index (χ0) is 22.8. The van der Waals surface area contributed by atoms with Gasteiger partial charge in [0.2, 0.25) is 0 Å². The minimum atomic E-state index is -0.640. The molecular formula is C24H20FN5O3. The molecule has 0 aliphatic carbocycles. The van der Waals surface area contributed by atoms with Crippen LogP contribution in [0.4, 0.5) is 4.39 Å². The van der Waals surface area contributed by atoms with Crippen LogP contribution in [0.3, 0.4) is 0 Å². The largest absolute Gasteiger partial charge is 0.508 e. The number of benzene rings is 2. The highest BCUT2D eigenvalue weighted by Crippen LogP contribution is 2.35. The van der Waals surface area contributed by atoms with Crippen LogP contribution in [-0.2, 0) is 16.0 Å². The van der Waals surface area contributed by atoms with E-state index in [1.165, 1.54) is 18.5 Å². The predicted octanol–water partition coefficient (Wildman–Crippen LogP) is 3.27. The number of hydrogen-bond acceptors (Lipinski definition) is 6. The Morgan fingerprint density at radius 3 is 2.52 bits per heavy atom. The first kappa shape index (κ1) is 20.8. The van der Waals surface area contributed by atoms with Crippen LogP contribution in [0.25, 0.3) is 16.9 Å². The van der Waals surface area contributed by atoms with E-state index in [1.807, 2.05) is 12.1 Å². The third kappa shape index (κ3) is 4.31. The number of hydrogen-bond donors (Lipinski definition) is 1. The second kappa shape index (κ2) is 8.79. The van der Waals surface area contributed by atoms with Gasteiger partial charge in [-0.2, -0.15) is 5.10 Å². The van der Waals surface area contributed by atoms with Crippen LogP contribution in [0.1, 0.15) is 17.4 Å². The summed E-state index contributed by atoms with van der Waals surface area (Å²) >= 11 is 0. The normalized spacial score (nSPS) is 15.8. The van der Waals surface area contributed by atoms with Gasteiger partial charge in [-0.25, -0.2) is 19.0 Å². The van der Waals surface area contributed by atoms with Gasteiger partial charge < -0.3 is 14.7 Å². The van der Waals surface area contributed by atoms with Crippen molar-refractivity contribution in [3.63, 3.8) is 0 Å². The molecule has 1 aliphatic heterocycles. The summed E-state index contributed by atoms with van der Waals surface area (Å²) < 4.78 is 20.9. The van der Waals surface area contributed by atoms with E-state index in [0.29, 0.717) is 35.5 Å². The summed E-state index contributed by atoms with van der Waals surface area (Å²) in [4.78, 5) is 22.5. The van der Waals surface area contributed by atoms with Crippen LogP contribution >= 0.6 is 0 Å². The number of carbonyl (C=O) groups excluding carboxylic acids is 1. The van der Waals surface area contributed by atoms with Crippen molar-refractivity contribution in [3.8, 4) is 22.7 Å². The second-order valence-electron chi connectivity index (χ2n) is 7.65. The van der Waals surface area contributed by atoms with Gasteiger partial charge in [-0.15, -0.1) is 0 Å². The number of nitrogens with zero attached hydrogens (tertiary/aromatic N) is 5. The molecule has 1 N–H and O–H groups in total. The molecule has 0 spiro atoms. The summed E-state index contributed by atoms with van der Waals surface area (Å²) in [5.41, 5.74) is 3.60. The quantitative estimate of drug-likeness (QED) is 0.490. The Kier molecular flexibility index (Phi) is 5.54. The maximum atomic E-state index is 13.4. The molecular weight excluding hydrogens is 425 g/mol. The van der Waals surface area contributed by atoms with Crippen LogP contribution < -0.4 is 0 Å². The molecule has 2 aromatic heterocycles. The molecule has 1 fully saturated rings. The molecule has 2 aromatic carbocycles. The summed E-state index contributed by atoms with van der Waals surface area (Å²) in [7, 11) is 0. The highest BCUT2D eigenvalue weighted by atomic mass is 19.1. The average molecular weight is 445 g/mol. The monoisotopic (exact) mass is 445 g/mol. The maximum Gasteiger partial charge on any atom is 0.250 e. The van der Waals surface area contributed by atoms with Gasteiger partial charge in [0.05, 0.1) is 5.69 Å². The lowest BCUT2D eigenvalue weighted by atomic mass is 10.1. The van der Waals surface area contributed by atoms with E-state index in [2.05, 4.69) is 15.1 Å². The number of aromatic nitrogens is 4. The van der Waals surface area contributed by atoms with Crippen molar-refractivity contribution in [1.29, 1.82) is 0 Å². The van der Waals surface area contributed by atoms with E-state index in [1.54, 1.807) is 52.4 Å². The van der Waals surface area contributed by atoms with Crippen molar-refractivity contribution < 1.29 is 19.0 Å². The molecule has 1 saturated heterocycles. The Morgan fingerprint density at radius 2 is 1.79 bits per heavy atom. The van der Waals surface area contributed by atoms with Crippen LogP contribution in [0.15, 0.2) is 73.4 Å². The van der Waals surface area contributed by atoms with Crippen molar-refractivity contribution in [1.82, 2.24) is 24.6 Å². The summed E-state index contributed by atoms with van der Waals surface area (Å²) in [6, 6.07) is 12.9. The molecule has 166 valence electrons. The topological polar surface area (TPSA) is 93.4 Å². The predicted molar refractivity (Wildman–Crippen MR) is 117 cm³/mol. The van der Waals surface area contributed by atoms with Gasteiger partial charge in [0.1, 0.15) is 30.2 Å². The maximum absolute atomic E-state index is 13.4. The highest BCUT2D eigenvalue weighted by Gasteiger charge is 2.36. The Labute approximate surface area is 188 Å². The number of rotatable bonds is 6. The summed E-state index contributed by atoms with van der Waals surface area (Å²) in [6.07, 6.45) is 6.46. The van der Waals surface area contributed by atoms with Gasteiger partial charge in [0.15, 0.2) is 6.23 Å². The summed E-state index contributed by atoms with van der Waals surface area (Å²) in [5.74, 6) is -0.267. The van der Waals surface area contributed by atoms with Gasteiger partial charge in [0.25, 0.3) is 5.91 Å². The lowest BCUT2D eigenvalue weighted by molar-refractivity contribution is -0.128. The molecule has 1 amide bonds. The van der Waals surface area contributed by atoms with Crippen molar-refractivity contribution in [2.75, 3.05) is 13.2 Å². The summed E-state index contributed by atoms with van der Waals surface area (Å²) in [6.45, 7) is 0.396. The van der Waals surface area contributed by atoms with Crippen LogP contribution in [-0.4, -0.2) is 48.8 Å². The third-order valence-corrected chi connectivity index (χ3v) is 5.48. The average Bonchev–Trinajstić information content (AvgIpc) is 3.43. The van der Waals surface area contributed by atoms with Crippen LogP contribution in [0.5, 0.6) is 5.75 Å². The third-order valence-electron chi connectivity index (χ3n) is 5.48. The minimum Gasteiger partial charge on any atom is -0.508 e. The molecule has 9 heteroatoms. The fourth-order valence-corrected chi connectivity index (χ4v) is 3.81. The SMILES string of the molecule is O=C1COC(c2cn(-c3ccc(F)cc3)nc2-c2cncnc2)N1CCc1ccc(O)cc1. The Hall–Kier alpha value is -4.11. The fourth-order valence-electron chi connectivity index (χ4n) is 3.81. The highest BCUT2D eigenvalue weighted by molar-refractivity contribution is 5.80. The van der Waals surface area contributed by atoms with E-state index in [9.17, 15) is 14.3 Å². The molecule has 1 aliphatic rings. The number of aromatic hydroxyl groups is 1. The van der Waals surface area contributed by atoms with E-state index in [-0.39, 0.29) is 24.1 Å². The number of ether oxygens (including phenoxy) is 1. The molecule has 0 radical (unpaired) electrons. The zero-order valence-electron chi connectivity index (χ0n) is 17.5. The Morgan fingerprint density at radius 1 is 1.06 bits per heavy atom. The van der Waals surface area contributed by atoms with E-state index < -0.39 is 6.23 Å². The fraction of sp³-hybridized carbons (Fsp3) is 0.167. The number of phenolic OH excluding ortho intramolecular Hbond substituents is 1. The first-order valence-corrected chi connectivity index (χ1v) is 10.4. The first-order chi connectivity index (χ1) is 16.1. The molecule has 0 bridgehead atoms. The minimum absolute atomic E-state index is 0.0350. The van der Waals surface area contributed by atoms with Gasteiger partial charge in [-0.1, -0.05) is 12.1 Å². The van der Waals surface area contributed by atoms with Gasteiger partial charge in [-0.05, 0) is 48.4 Å². The van der Waals surface area contributed by atoms with E-state index in [4.69, 9.17) is 4.74 Å². The molecule has 4 aromatic rings. The molecule has 1 atom stereocenters. The number of amides is 1. The molecule has 3 heterocycles. The molecule has 5 rings (SSSR count). The molecule has 33 heavy (non-hydrogen) atoms. The molecule has 1 unspecified atom stereocenters. The zero-order valence-corrected chi connectivity index (χ0v) is 17.5. The number of halogens is 1. The van der Waals surface area contributed by atoms with Gasteiger partial charge in [0, 0.05) is 36.3 Å². The molecule has 8 nitrogen and oxygen atoms in total. The van der Waals surface area contributed by atoms with E-state index in [0.717, 1.165) is 5.56 Å². The smallest absolute Gasteiger partial charge is 0.250 e. The Bertz CT molecular complexity index is 1260. The van der Waals surface area contributed by atoms with Gasteiger partial charge >= 0.3 is 0 Å². The van der Waals surface area contributed by atoms with Crippen LogP contribution in [0, 0.1) is 5.82 Å². The van der Waals surface area contributed by atoms with Crippen molar-refractivity contribution in [2.24, 2.45) is 0 Å². The molecule has 0 saturated carbocycles. The van der Waals surface area contributed by atoms with Crippen molar-refractivity contribution in [2.45, 2.75) is 12.6 Å². The van der Waals surface area contributed by atoms with Crippen LogP contribution in [0.2, 0.25) is 0 Å². The lowest BCUT2D eigenvalue weighted by Crippen LogP contribution is -2.30. The Balaban J connectivity index is 1.49. The standard InChI is InChI=1S/C24H20FN5O3/c25-18-3-5-19(6-4-18)30-13-21(23(28-30)17-11-26-15-27-12-17)24-29(22(32)14-33-24)10-9-16-1-7-20(31)8-2-16/h1-8,11-13,15,24,31H,9-10,14H2. The van der Waals surface area contributed by atoms with Crippen molar-refractivity contribution >= 4 is 5.91 Å².